The van der Waals surface area contributed by atoms with Crippen molar-refractivity contribution in [3.05, 3.63) is 70.0 Å². The fourth-order valence-corrected chi connectivity index (χ4v) is 2.10. The van der Waals surface area contributed by atoms with Gasteiger partial charge in [-0.2, -0.15) is 0 Å². The summed E-state index contributed by atoms with van der Waals surface area (Å²) in [4.78, 5) is 0. The minimum absolute atomic E-state index is 0.162. The summed E-state index contributed by atoms with van der Waals surface area (Å²) < 4.78 is 13.3. The predicted molar refractivity (Wildman–Crippen MR) is 77.8 cm³/mol. The highest BCUT2D eigenvalue weighted by molar-refractivity contribution is 6.30. The average molecular weight is 278 g/mol. The van der Waals surface area contributed by atoms with Gasteiger partial charge in [-0.05, 0) is 37.1 Å². The van der Waals surface area contributed by atoms with Crippen molar-refractivity contribution in [2.24, 2.45) is 0 Å². The second-order valence-corrected chi connectivity index (χ2v) is 5.17. The van der Waals surface area contributed by atoms with Crippen LogP contribution in [0.3, 0.4) is 0 Å². The summed E-state index contributed by atoms with van der Waals surface area (Å²) in [5.74, 6) is -0.371. The van der Waals surface area contributed by atoms with Gasteiger partial charge in [-0.3, -0.25) is 0 Å². The highest BCUT2D eigenvalue weighted by atomic mass is 35.5. The summed E-state index contributed by atoms with van der Waals surface area (Å²) in [5, 5.41) is 3.54. The van der Waals surface area contributed by atoms with Crippen LogP contribution in [0.15, 0.2) is 42.5 Å². The van der Waals surface area contributed by atoms with E-state index in [0.717, 1.165) is 5.56 Å². The topological polar surface area (TPSA) is 12.0 Å². The molecule has 0 spiro atoms. The van der Waals surface area contributed by atoms with Crippen LogP contribution in [0.5, 0.6) is 0 Å². The quantitative estimate of drug-likeness (QED) is 0.858. The third-order valence-corrected chi connectivity index (χ3v) is 3.45. The molecule has 2 rings (SSSR count). The molecule has 1 N–H and O–H groups in total. The smallest absolute Gasteiger partial charge is 0.142 e. The van der Waals surface area contributed by atoms with E-state index < -0.39 is 0 Å². The van der Waals surface area contributed by atoms with Crippen molar-refractivity contribution < 1.29 is 4.39 Å². The molecule has 0 amide bonds. The summed E-state index contributed by atoms with van der Waals surface area (Å²) in [6.45, 7) is 4.79. The maximum Gasteiger partial charge on any atom is 0.142 e. The first kappa shape index (κ1) is 14.0. The Morgan fingerprint density at radius 1 is 1.21 bits per heavy atom. The van der Waals surface area contributed by atoms with E-state index in [2.05, 4.69) is 37.4 Å². The lowest BCUT2D eigenvalue weighted by molar-refractivity contribution is 0.569. The maximum atomic E-state index is 13.3. The predicted octanol–water partition coefficient (Wildman–Crippen LogP) is 4.64. The summed E-state index contributed by atoms with van der Waals surface area (Å²) >= 11 is 5.66. The van der Waals surface area contributed by atoms with Crippen LogP contribution in [-0.4, -0.2) is 0 Å². The molecule has 19 heavy (non-hydrogen) atoms. The largest absolute Gasteiger partial charge is 0.306 e. The molecule has 2 aromatic carbocycles. The number of aryl methyl sites for hydroxylation is 1. The van der Waals surface area contributed by atoms with E-state index in [-0.39, 0.29) is 16.9 Å². The Labute approximate surface area is 118 Å². The first-order valence-electron chi connectivity index (χ1n) is 6.30. The van der Waals surface area contributed by atoms with E-state index in [0.29, 0.717) is 6.54 Å². The third-order valence-electron chi connectivity index (χ3n) is 3.14. The van der Waals surface area contributed by atoms with Crippen LogP contribution in [-0.2, 0) is 6.54 Å². The molecule has 0 aliphatic carbocycles. The Kier molecular flexibility index (Phi) is 4.56. The number of hydrogen-bond acceptors (Lipinski definition) is 1. The van der Waals surface area contributed by atoms with Crippen LogP contribution in [0.1, 0.15) is 29.7 Å². The Morgan fingerprint density at radius 3 is 2.68 bits per heavy atom. The van der Waals surface area contributed by atoms with Crippen LogP contribution < -0.4 is 5.32 Å². The molecule has 100 valence electrons. The highest BCUT2D eigenvalue weighted by Gasteiger charge is 2.06. The van der Waals surface area contributed by atoms with E-state index in [1.165, 1.54) is 17.2 Å². The second-order valence-electron chi connectivity index (χ2n) is 4.77. The van der Waals surface area contributed by atoms with Crippen molar-refractivity contribution in [2.75, 3.05) is 0 Å². The van der Waals surface area contributed by atoms with Crippen LogP contribution in [0.2, 0.25) is 5.02 Å². The normalized spacial score (nSPS) is 12.4. The summed E-state index contributed by atoms with van der Waals surface area (Å²) in [6, 6.07) is 13.5. The Morgan fingerprint density at radius 2 is 2.00 bits per heavy atom. The molecule has 0 aliphatic heterocycles. The Bertz CT molecular complexity index is 568. The Balaban J connectivity index is 2.00. The molecule has 1 atom stereocenters. The zero-order valence-electron chi connectivity index (χ0n) is 11.1. The van der Waals surface area contributed by atoms with Gasteiger partial charge in [0.05, 0.1) is 5.02 Å². The highest BCUT2D eigenvalue weighted by Crippen LogP contribution is 2.17. The molecule has 3 heteroatoms. The molecule has 0 radical (unpaired) electrons. The monoisotopic (exact) mass is 277 g/mol. The molecule has 0 aromatic heterocycles. The van der Waals surface area contributed by atoms with E-state index in [9.17, 15) is 4.39 Å². The number of rotatable bonds is 4. The molecular weight excluding hydrogens is 261 g/mol. The lowest BCUT2D eigenvalue weighted by Gasteiger charge is -2.15. The van der Waals surface area contributed by atoms with E-state index >= 15 is 0 Å². The minimum atomic E-state index is -0.371. The standard InChI is InChI=1S/C16H17ClFN/c1-11-4-3-5-14(8-11)12(2)19-10-13-6-7-15(17)16(18)9-13/h3-9,12,19H,10H2,1-2H3/t12-/m1/s1. The summed E-state index contributed by atoms with van der Waals surface area (Å²) in [5.41, 5.74) is 3.36. The van der Waals surface area contributed by atoms with Gasteiger partial charge >= 0.3 is 0 Å². The molecular formula is C16H17ClFN. The SMILES string of the molecule is Cc1cccc([C@@H](C)NCc2ccc(Cl)c(F)c2)c1. The molecule has 0 fully saturated rings. The fraction of sp³-hybridized carbons (Fsp3) is 0.250. The van der Waals surface area contributed by atoms with Crippen LogP contribution in [0, 0.1) is 12.7 Å². The van der Waals surface area contributed by atoms with Gasteiger partial charge < -0.3 is 5.32 Å². The average Bonchev–Trinajstić information content (AvgIpc) is 2.40. The van der Waals surface area contributed by atoms with Gasteiger partial charge in [0.2, 0.25) is 0 Å². The van der Waals surface area contributed by atoms with Crippen LogP contribution in [0.4, 0.5) is 4.39 Å². The van der Waals surface area contributed by atoms with Gasteiger partial charge in [0, 0.05) is 12.6 Å². The molecule has 0 unspecified atom stereocenters. The molecule has 0 bridgehead atoms. The van der Waals surface area contributed by atoms with E-state index in [1.807, 2.05) is 12.1 Å². The zero-order valence-corrected chi connectivity index (χ0v) is 11.8. The van der Waals surface area contributed by atoms with E-state index in [4.69, 9.17) is 11.6 Å². The van der Waals surface area contributed by atoms with Crippen LogP contribution in [0.25, 0.3) is 0 Å². The zero-order chi connectivity index (χ0) is 13.8. The number of halogens is 2. The van der Waals surface area contributed by atoms with Gasteiger partial charge in [0.1, 0.15) is 5.82 Å². The van der Waals surface area contributed by atoms with Crippen molar-refractivity contribution >= 4 is 11.6 Å². The van der Waals surface area contributed by atoms with Gasteiger partial charge in [-0.25, -0.2) is 4.39 Å². The molecule has 0 aliphatic rings. The van der Waals surface area contributed by atoms with Crippen molar-refractivity contribution in [1.82, 2.24) is 5.32 Å². The molecule has 2 aromatic rings. The van der Waals surface area contributed by atoms with Gasteiger partial charge in [-0.15, -0.1) is 0 Å². The third kappa shape index (κ3) is 3.79. The van der Waals surface area contributed by atoms with Gasteiger partial charge in [-0.1, -0.05) is 47.5 Å². The lowest BCUT2D eigenvalue weighted by Crippen LogP contribution is -2.18. The number of nitrogens with one attached hydrogen (secondary N) is 1. The van der Waals surface area contributed by atoms with Crippen molar-refractivity contribution in [1.29, 1.82) is 0 Å². The van der Waals surface area contributed by atoms with Crippen molar-refractivity contribution in [3.63, 3.8) is 0 Å². The maximum absolute atomic E-state index is 13.3. The summed E-state index contributed by atoms with van der Waals surface area (Å²) in [6.07, 6.45) is 0. The first-order chi connectivity index (χ1) is 9.06. The van der Waals surface area contributed by atoms with Crippen LogP contribution >= 0.6 is 11.6 Å². The Hall–Kier alpha value is -1.38. The number of hydrogen-bond donors (Lipinski definition) is 1. The molecule has 1 nitrogen and oxygen atoms in total. The number of benzene rings is 2. The molecule has 0 saturated heterocycles. The second kappa shape index (κ2) is 6.18. The van der Waals surface area contributed by atoms with Gasteiger partial charge in [0.25, 0.3) is 0 Å². The van der Waals surface area contributed by atoms with Crippen molar-refractivity contribution in [2.45, 2.75) is 26.4 Å². The van der Waals surface area contributed by atoms with Crippen molar-refractivity contribution in [3.8, 4) is 0 Å². The van der Waals surface area contributed by atoms with Gasteiger partial charge in [0.15, 0.2) is 0 Å². The minimum Gasteiger partial charge on any atom is -0.306 e. The summed E-state index contributed by atoms with van der Waals surface area (Å²) in [7, 11) is 0. The molecule has 0 saturated carbocycles. The van der Waals surface area contributed by atoms with E-state index in [1.54, 1.807) is 6.07 Å². The molecule has 0 heterocycles. The fourth-order valence-electron chi connectivity index (χ4n) is 1.98. The lowest BCUT2D eigenvalue weighted by atomic mass is 10.1. The first-order valence-corrected chi connectivity index (χ1v) is 6.68.